The van der Waals surface area contributed by atoms with Crippen molar-refractivity contribution in [2.24, 2.45) is 0 Å². The predicted octanol–water partition coefficient (Wildman–Crippen LogP) is 2.04. The van der Waals surface area contributed by atoms with Crippen LogP contribution in [0.5, 0.6) is 11.5 Å². The Hall–Kier alpha value is -1.73. The Bertz CT molecular complexity index is 434. The third kappa shape index (κ3) is 3.14. The molecule has 18 heavy (non-hydrogen) atoms. The highest BCUT2D eigenvalue weighted by molar-refractivity contribution is 5.47. The molecule has 96 valence electrons. The third-order valence-electron chi connectivity index (χ3n) is 3.17. The fraction of sp³-hybridized carbons (Fsp3) is 0.500. The van der Waals surface area contributed by atoms with Crippen molar-refractivity contribution in [2.45, 2.75) is 12.8 Å². The number of hydrogen-bond acceptors (Lipinski definition) is 4. The summed E-state index contributed by atoms with van der Waals surface area (Å²) in [6.07, 6.45) is 2.56. The minimum absolute atomic E-state index is 0.553. The van der Waals surface area contributed by atoms with E-state index in [0.29, 0.717) is 23.7 Å². The van der Waals surface area contributed by atoms with Crippen molar-refractivity contribution in [1.29, 1.82) is 5.26 Å². The SMILES string of the molecule is COc1ccc(C#N)c(OCCN2CCCC2)c1. The van der Waals surface area contributed by atoms with E-state index < -0.39 is 0 Å². The van der Waals surface area contributed by atoms with Gasteiger partial charge in [-0.3, -0.25) is 4.90 Å². The van der Waals surface area contributed by atoms with E-state index in [1.54, 1.807) is 25.3 Å². The molecule has 0 unspecified atom stereocenters. The molecule has 4 nitrogen and oxygen atoms in total. The van der Waals surface area contributed by atoms with Gasteiger partial charge in [-0.05, 0) is 38.1 Å². The van der Waals surface area contributed by atoms with Crippen molar-refractivity contribution in [3.63, 3.8) is 0 Å². The molecule has 0 spiro atoms. The summed E-state index contributed by atoms with van der Waals surface area (Å²) in [5, 5.41) is 9.01. The van der Waals surface area contributed by atoms with Gasteiger partial charge >= 0.3 is 0 Å². The summed E-state index contributed by atoms with van der Waals surface area (Å²) < 4.78 is 10.8. The van der Waals surface area contributed by atoms with Gasteiger partial charge < -0.3 is 9.47 Å². The summed E-state index contributed by atoms with van der Waals surface area (Å²) in [5.41, 5.74) is 0.553. The number of nitrogens with zero attached hydrogens (tertiary/aromatic N) is 2. The van der Waals surface area contributed by atoms with Crippen LogP contribution in [0.3, 0.4) is 0 Å². The van der Waals surface area contributed by atoms with Gasteiger partial charge in [0.15, 0.2) is 0 Å². The molecule has 2 rings (SSSR count). The van der Waals surface area contributed by atoms with Crippen LogP contribution in [0.2, 0.25) is 0 Å². The number of ether oxygens (including phenoxy) is 2. The van der Waals surface area contributed by atoms with Crippen molar-refractivity contribution < 1.29 is 9.47 Å². The van der Waals surface area contributed by atoms with Gasteiger partial charge in [0, 0.05) is 12.6 Å². The molecule has 1 aliphatic rings. The Kier molecular flexibility index (Phi) is 4.43. The van der Waals surface area contributed by atoms with Crippen molar-refractivity contribution in [2.75, 3.05) is 33.4 Å². The Morgan fingerprint density at radius 3 is 2.78 bits per heavy atom. The van der Waals surface area contributed by atoms with E-state index >= 15 is 0 Å². The number of nitriles is 1. The molecule has 0 radical (unpaired) electrons. The van der Waals surface area contributed by atoms with Crippen molar-refractivity contribution >= 4 is 0 Å². The maximum Gasteiger partial charge on any atom is 0.140 e. The second-order valence-corrected chi connectivity index (χ2v) is 4.37. The molecule has 0 amide bonds. The lowest BCUT2D eigenvalue weighted by atomic mass is 10.2. The molecule has 4 heteroatoms. The number of benzene rings is 1. The second kappa shape index (κ2) is 6.27. The molecule has 1 heterocycles. The van der Waals surface area contributed by atoms with Crippen LogP contribution in [0.15, 0.2) is 18.2 Å². The molecule has 1 saturated heterocycles. The van der Waals surface area contributed by atoms with E-state index in [4.69, 9.17) is 14.7 Å². The largest absolute Gasteiger partial charge is 0.497 e. The minimum Gasteiger partial charge on any atom is -0.497 e. The first-order valence-corrected chi connectivity index (χ1v) is 6.27. The van der Waals surface area contributed by atoms with Gasteiger partial charge in [-0.15, -0.1) is 0 Å². The predicted molar refractivity (Wildman–Crippen MR) is 68.9 cm³/mol. The van der Waals surface area contributed by atoms with Crippen molar-refractivity contribution in [3.05, 3.63) is 23.8 Å². The zero-order chi connectivity index (χ0) is 12.8. The molecule has 1 fully saturated rings. The van der Waals surface area contributed by atoms with E-state index in [-0.39, 0.29) is 0 Å². The molecule has 0 aromatic heterocycles. The summed E-state index contributed by atoms with van der Waals surface area (Å²) in [6, 6.07) is 7.39. The first kappa shape index (κ1) is 12.7. The van der Waals surface area contributed by atoms with E-state index in [2.05, 4.69) is 11.0 Å². The Morgan fingerprint density at radius 2 is 2.11 bits per heavy atom. The van der Waals surface area contributed by atoms with Crippen LogP contribution in [0, 0.1) is 11.3 Å². The maximum absolute atomic E-state index is 9.01. The van der Waals surface area contributed by atoms with Gasteiger partial charge in [0.25, 0.3) is 0 Å². The van der Waals surface area contributed by atoms with Crippen LogP contribution in [-0.4, -0.2) is 38.3 Å². The average molecular weight is 246 g/mol. The van der Waals surface area contributed by atoms with Crippen LogP contribution in [0.1, 0.15) is 18.4 Å². The lowest BCUT2D eigenvalue weighted by molar-refractivity contribution is 0.236. The van der Waals surface area contributed by atoms with Crippen LogP contribution in [0.25, 0.3) is 0 Å². The highest BCUT2D eigenvalue weighted by Gasteiger charge is 2.11. The summed E-state index contributed by atoms with van der Waals surface area (Å²) in [4.78, 5) is 2.38. The Labute approximate surface area is 108 Å². The van der Waals surface area contributed by atoms with Gasteiger partial charge in [0.05, 0.1) is 12.7 Å². The first-order chi connectivity index (χ1) is 8.83. The summed E-state index contributed by atoms with van der Waals surface area (Å²) >= 11 is 0. The Balaban J connectivity index is 1.92. The number of hydrogen-bond donors (Lipinski definition) is 0. The van der Waals surface area contributed by atoms with Gasteiger partial charge in [0.1, 0.15) is 24.2 Å². The van der Waals surface area contributed by atoms with Crippen LogP contribution < -0.4 is 9.47 Å². The number of likely N-dealkylation sites (tertiary alicyclic amines) is 1. The molecule has 0 saturated carbocycles. The van der Waals surface area contributed by atoms with Gasteiger partial charge in [-0.25, -0.2) is 0 Å². The van der Waals surface area contributed by atoms with Crippen molar-refractivity contribution in [3.8, 4) is 17.6 Å². The van der Waals surface area contributed by atoms with Crippen LogP contribution >= 0.6 is 0 Å². The quantitative estimate of drug-likeness (QED) is 0.797. The summed E-state index contributed by atoms with van der Waals surface area (Å²) in [5.74, 6) is 1.32. The highest BCUT2D eigenvalue weighted by Crippen LogP contribution is 2.24. The van der Waals surface area contributed by atoms with Gasteiger partial charge in [-0.2, -0.15) is 5.26 Å². The molecule has 0 aliphatic carbocycles. The summed E-state index contributed by atoms with van der Waals surface area (Å²) in [6.45, 7) is 3.85. The number of rotatable bonds is 5. The van der Waals surface area contributed by atoms with E-state index in [1.807, 2.05) is 0 Å². The molecule has 0 bridgehead atoms. The zero-order valence-electron chi connectivity index (χ0n) is 10.7. The maximum atomic E-state index is 9.01. The molecular weight excluding hydrogens is 228 g/mol. The molecule has 1 aromatic carbocycles. The molecular formula is C14H18N2O2. The van der Waals surface area contributed by atoms with Crippen LogP contribution in [-0.2, 0) is 0 Å². The molecule has 1 aliphatic heterocycles. The Morgan fingerprint density at radius 1 is 1.33 bits per heavy atom. The van der Waals surface area contributed by atoms with E-state index in [0.717, 1.165) is 19.6 Å². The standard InChI is InChI=1S/C14H18N2O2/c1-17-13-5-4-12(11-15)14(10-13)18-9-8-16-6-2-3-7-16/h4-5,10H,2-3,6-9H2,1H3. The number of methoxy groups -OCH3 is 1. The molecule has 0 N–H and O–H groups in total. The normalized spacial score (nSPS) is 15.3. The third-order valence-corrected chi connectivity index (χ3v) is 3.17. The van der Waals surface area contributed by atoms with E-state index in [1.165, 1.54) is 12.8 Å². The minimum atomic E-state index is 0.553. The van der Waals surface area contributed by atoms with Gasteiger partial charge in [-0.1, -0.05) is 0 Å². The lowest BCUT2D eigenvalue weighted by Gasteiger charge is -2.15. The van der Waals surface area contributed by atoms with Gasteiger partial charge in [0.2, 0.25) is 0 Å². The smallest absolute Gasteiger partial charge is 0.140 e. The van der Waals surface area contributed by atoms with Crippen molar-refractivity contribution in [1.82, 2.24) is 4.90 Å². The van der Waals surface area contributed by atoms with E-state index in [9.17, 15) is 0 Å². The fourth-order valence-electron chi connectivity index (χ4n) is 2.13. The fourth-order valence-corrected chi connectivity index (χ4v) is 2.13. The second-order valence-electron chi connectivity index (χ2n) is 4.37. The lowest BCUT2D eigenvalue weighted by Crippen LogP contribution is -2.25. The molecule has 0 atom stereocenters. The zero-order valence-corrected chi connectivity index (χ0v) is 10.7. The highest BCUT2D eigenvalue weighted by atomic mass is 16.5. The first-order valence-electron chi connectivity index (χ1n) is 6.27. The topological polar surface area (TPSA) is 45.5 Å². The average Bonchev–Trinajstić information content (AvgIpc) is 2.92. The van der Waals surface area contributed by atoms with Crippen LogP contribution in [0.4, 0.5) is 0 Å². The molecule has 1 aromatic rings. The summed E-state index contributed by atoms with van der Waals surface area (Å²) in [7, 11) is 1.61. The monoisotopic (exact) mass is 246 g/mol.